The fourth-order valence-corrected chi connectivity index (χ4v) is 5.44. The lowest BCUT2D eigenvalue weighted by molar-refractivity contribution is -0.165. The second-order valence-corrected chi connectivity index (χ2v) is 11.0. The fraction of sp³-hybridized carbons (Fsp3) is 0.419. The largest absolute Gasteiger partial charge is 0.483 e. The standard InChI is InChI=1S/C31H34F2N6O3/c1-20(40)29(41)39-16-12-28(31(32,33)19-39)42-27-8-5-23(17-24(27)18-34)26-9-13-35-30(37-26)36-25-6-3-21(4-7-25)22-10-14-38(2)15-11-22/h3-9,13,17,20,22,28,40H,10-12,14-16,19H2,1-2H3,(H,35,36,37)/t20-,28?/m1/s1. The number of anilines is 2. The summed E-state index contributed by atoms with van der Waals surface area (Å²) in [6.07, 6.45) is 0.886. The number of rotatable bonds is 7. The van der Waals surface area contributed by atoms with Crippen LogP contribution in [0.3, 0.4) is 0 Å². The highest BCUT2D eigenvalue weighted by Crippen LogP contribution is 2.34. The van der Waals surface area contributed by atoms with Crippen LogP contribution in [-0.4, -0.2) is 82.1 Å². The van der Waals surface area contributed by atoms with Crippen molar-refractivity contribution in [3.05, 3.63) is 65.9 Å². The Balaban J connectivity index is 1.26. The van der Waals surface area contributed by atoms with Crippen molar-refractivity contribution < 1.29 is 23.4 Å². The van der Waals surface area contributed by atoms with Crippen molar-refractivity contribution >= 4 is 17.5 Å². The van der Waals surface area contributed by atoms with E-state index in [-0.39, 0.29) is 24.3 Å². The summed E-state index contributed by atoms with van der Waals surface area (Å²) >= 11 is 0. The molecule has 2 aromatic carbocycles. The molecule has 2 N–H and O–H groups in total. The number of aliphatic hydroxyl groups excluding tert-OH is 1. The Morgan fingerprint density at radius 3 is 2.55 bits per heavy atom. The molecule has 3 aromatic rings. The van der Waals surface area contributed by atoms with E-state index >= 15 is 0 Å². The van der Waals surface area contributed by atoms with E-state index in [1.54, 1.807) is 24.4 Å². The summed E-state index contributed by atoms with van der Waals surface area (Å²) in [7, 11) is 2.15. The van der Waals surface area contributed by atoms with Crippen LogP contribution in [0.4, 0.5) is 20.4 Å². The van der Waals surface area contributed by atoms with Crippen LogP contribution in [0.5, 0.6) is 5.75 Å². The van der Waals surface area contributed by atoms with Gasteiger partial charge in [-0.25, -0.2) is 18.7 Å². The number of ether oxygens (including phenoxy) is 1. The van der Waals surface area contributed by atoms with Crippen LogP contribution in [0.25, 0.3) is 11.3 Å². The van der Waals surface area contributed by atoms with Crippen molar-refractivity contribution in [2.45, 2.75) is 50.2 Å². The number of carbonyl (C=O) groups excluding carboxylic acids is 1. The molecule has 3 heterocycles. The second kappa shape index (κ2) is 12.4. The van der Waals surface area contributed by atoms with Crippen molar-refractivity contribution in [3.8, 4) is 23.1 Å². The molecule has 9 nitrogen and oxygen atoms in total. The van der Waals surface area contributed by atoms with E-state index in [1.165, 1.54) is 18.6 Å². The Morgan fingerprint density at radius 2 is 1.88 bits per heavy atom. The van der Waals surface area contributed by atoms with E-state index in [0.717, 1.165) is 36.5 Å². The van der Waals surface area contributed by atoms with E-state index in [2.05, 4.69) is 39.4 Å². The van der Waals surface area contributed by atoms with Gasteiger partial charge in [-0.15, -0.1) is 0 Å². The van der Waals surface area contributed by atoms with Gasteiger partial charge in [0.2, 0.25) is 5.95 Å². The maximum atomic E-state index is 14.9. The molecule has 42 heavy (non-hydrogen) atoms. The molecule has 220 valence electrons. The number of nitrogens with zero attached hydrogens (tertiary/aromatic N) is 5. The van der Waals surface area contributed by atoms with E-state index < -0.39 is 30.6 Å². The number of nitriles is 1. The summed E-state index contributed by atoms with van der Waals surface area (Å²) in [5.41, 5.74) is 3.42. The lowest BCUT2D eigenvalue weighted by atomic mass is 9.89. The molecule has 1 aromatic heterocycles. The molecule has 0 radical (unpaired) electrons. The number of hydrogen-bond donors (Lipinski definition) is 2. The molecule has 2 aliphatic rings. The summed E-state index contributed by atoms with van der Waals surface area (Å²) in [6.45, 7) is 2.60. The van der Waals surface area contributed by atoms with Crippen LogP contribution in [0.2, 0.25) is 0 Å². The minimum absolute atomic E-state index is 0.0155. The Hall–Kier alpha value is -4.14. The summed E-state index contributed by atoms with van der Waals surface area (Å²) < 4.78 is 35.3. The third-order valence-corrected chi connectivity index (χ3v) is 7.88. The molecule has 2 saturated heterocycles. The van der Waals surface area contributed by atoms with Crippen LogP contribution < -0.4 is 10.1 Å². The van der Waals surface area contributed by atoms with E-state index in [9.17, 15) is 23.9 Å². The van der Waals surface area contributed by atoms with Gasteiger partial charge in [0.05, 0.1) is 17.8 Å². The fourth-order valence-electron chi connectivity index (χ4n) is 5.44. The predicted molar refractivity (Wildman–Crippen MR) is 154 cm³/mol. The molecule has 1 unspecified atom stereocenters. The van der Waals surface area contributed by atoms with Crippen molar-refractivity contribution in [2.75, 3.05) is 38.5 Å². The first-order valence-corrected chi connectivity index (χ1v) is 14.1. The number of piperidine rings is 2. The van der Waals surface area contributed by atoms with Crippen LogP contribution in [-0.2, 0) is 4.79 Å². The van der Waals surface area contributed by atoms with Crippen molar-refractivity contribution in [3.63, 3.8) is 0 Å². The third-order valence-electron chi connectivity index (χ3n) is 7.88. The molecular weight excluding hydrogens is 542 g/mol. The highest BCUT2D eigenvalue weighted by atomic mass is 19.3. The molecule has 1 amide bonds. The highest BCUT2D eigenvalue weighted by molar-refractivity contribution is 5.80. The minimum atomic E-state index is -3.35. The predicted octanol–water partition coefficient (Wildman–Crippen LogP) is 4.56. The Kier molecular flexibility index (Phi) is 8.66. The van der Waals surface area contributed by atoms with Gasteiger partial charge in [-0.3, -0.25) is 4.79 Å². The number of hydrogen-bond acceptors (Lipinski definition) is 8. The number of halogens is 2. The van der Waals surface area contributed by atoms with Gasteiger partial charge in [0, 0.05) is 30.4 Å². The lowest BCUT2D eigenvalue weighted by Gasteiger charge is -2.38. The average Bonchev–Trinajstić information content (AvgIpc) is 2.98. The Morgan fingerprint density at radius 1 is 1.14 bits per heavy atom. The summed E-state index contributed by atoms with van der Waals surface area (Å²) in [5, 5.41) is 22.5. The smallest absolute Gasteiger partial charge is 0.301 e. The molecule has 2 aliphatic heterocycles. The van der Waals surface area contributed by atoms with Gasteiger partial charge < -0.3 is 25.0 Å². The van der Waals surface area contributed by atoms with Crippen molar-refractivity contribution in [1.29, 1.82) is 5.26 Å². The minimum Gasteiger partial charge on any atom is -0.483 e. The molecule has 0 bridgehead atoms. The zero-order valence-corrected chi connectivity index (χ0v) is 23.6. The first-order valence-electron chi connectivity index (χ1n) is 14.1. The topological polar surface area (TPSA) is 115 Å². The molecule has 11 heteroatoms. The zero-order valence-electron chi connectivity index (χ0n) is 23.6. The van der Waals surface area contributed by atoms with Crippen LogP contribution >= 0.6 is 0 Å². The summed E-state index contributed by atoms with van der Waals surface area (Å²) in [4.78, 5) is 24.2. The van der Waals surface area contributed by atoms with Gasteiger partial charge in [-0.1, -0.05) is 12.1 Å². The second-order valence-electron chi connectivity index (χ2n) is 11.0. The normalized spacial score (nSPS) is 20.0. The van der Waals surface area contributed by atoms with Gasteiger partial charge in [0.1, 0.15) is 17.9 Å². The van der Waals surface area contributed by atoms with Gasteiger partial charge >= 0.3 is 5.92 Å². The number of amides is 1. The SMILES string of the molecule is C[C@@H](O)C(=O)N1CCC(Oc2ccc(-c3ccnc(Nc4ccc(C5CCN(C)CC5)cc4)n3)cc2C#N)C(F)(F)C1. The highest BCUT2D eigenvalue weighted by Gasteiger charge is 2.48. The Bertz CT molecular complexity index is 1450. The first kappa shape index (κ1) is 29.4. The van der Waals surface area contributed by atoms with E-state index in [0.29, 0.717) is 23.1 Å². The van der Waals surface area contributed by atoms with Gasteiger partial charge in [0.15, 0.2) is 6.10 Å². The number of alkyl halides is 2. The number of aromatic nitrogens is 2. The summed E-state index contributed by atoms with van der Waals surface area (Å²) in [5.74, 6) is -3.13. The van der Waals surface area contributed by atoms with Gasteiger partial charge in [0.25, 0.3) is 5.91 Å². The van der Waals surface area contributed by atoms with Crippen LogP contribution in [0, 0.1) is 11.3 Å². The molecular formula is C31H34F2N6O3. The van der Waals surface area contributed by atoms with Crippen LogP contribution in [0.1, 0.15) is 43.2 Å². The lowest BCUT2D eigenvalue weighted by Crippen LogP contribution is -2.56. The number of likely N-dealkylation sites (tertiary alicyclic amines) is 2. The molecule has 5 rings (SSSR count). The van der Waals surface area contributed by atoms with Gasteiger partial charge in [-0.05, 0) is 87.8 Å². The maximum Gasteiger partial charge on any atom is 0.301 e. The molecule has 2 atom stereocenters. The quantitative estimate of drug-likeness (QED) is 0.421. The zero-order chi connectivity index (χ0) is 29.9. The average molecular weight is 577 g/mol. The number of benzene rings is 2. The molecule has 0 aliphatic carbocycles. The monoisotopic (exact) mass is 576 g/mol. The van der Waals surface area contributed by atoms with Gasteiger partial charge in [-0.2, -0.15) is 5.26 Å². The number of nitrogens with one attached hydrogen (secondary N) is 1. The van der Waals surface area contributed by atoms with Crippen molar-refractivity contribution in [1.82, 2.24) is 19.8 Å². The summed E-state index contributed by atoms with van der Waals surface area (Å²) in [6, 6.07) is 16.7. The maximum absolute atomic E-state index is 14.9. The molecule has 0 saturated carbocycles. The Labute approximate surface area is 243 Å². The third kappa shape index (κ3) is 6.66. The van der Waals surface area contributed by atoms with Crippen molar-refractivity contribution in [2.24, 2.45) is 0 Å². The number of carbonyl (C=O) groups is 1. The van der Waals surface area contributed by atoms with E-state index in [1.807, 2.05) is 18.2 Å². The molecule has 0 spiro atoms. The number of aliphatic hydroxyl groups is 1. The van der Waals surface area contributed by atoms with Crippen LogP contribution in [0.15, 0.2) is 54.7 Å². The first-order chi connectivity index (χ1) is 20.1. The van der Waals surface area contributed by atoms with E-state index in [4.69, 9.17) is 4.74 Å². The molecule has 2 fully saturated rings.